The molecule has 3 aliphatic heterocycles. The topological polar surface area (TPSA) is 82.6 Å². The van der Waals surface area contributed by atoms with Crippen LogP contribution >= 0.6 is 0 Å². The third kappa shape index (κ3) is 7.70. The predicted molar refractivity (Wildman–Crippen MR) is 148 cm³/mol. The van der Waals surface area contributed by atoms with Crippen molar-refractivity contribution < 1.29 is 31.5 Å². The number of ether oxygens (including phenoxy) is 2. The van der Waals surface area contributed by atoms with E-state index in [9.17, 15) is 22.0 Å². The van der Waals surface area contributed by atoms with E-state index < -0.39 is 34.8 Å². The Morgan fingerprint density at radius 1 is 0.975 bits per heavy atom. The molecular weight excluding hydrogens is 542 g/mol. The fourth-order valence-corrected chi connectivity index (χ4v) is 8.16. The number of piperidine rings is 1. The number of halogens is 2. The molecule has 3 aliphatic rings. The number of methoxy groups -OCH3 is 1. The molecule has 3 fully saturated rings. The van der Waals surface area contributed by atoms with Crippen molar-refractivity contribution in [3.8, 4) is 5.75 Å². The lowest BCUT2D eigenvalue weighted by Crippen LogP contribution is -2.52. The summed E-state index contributed by atoms with van der Waals surface area (Å²) in [6.45, 7) is 9.82. The molecule has 1 aromatic rings. The molecule has 0 N–H and O–H groups in total. The van der Waals surface area contributed by atoms with E-state index in [4.69, 9.17) is 9.47 Å². The zero-order chi connectivity index (χ0) is 28.9. The van der Waals surface area contributed by atoms with Crippen molar-refractivity contribution in [2.75, 3.05) is 79.2 Å². The second-order valence-corrected chi connectivity index (χ2v) is 13.1. The van der Waals surface area contributed by atoms with Gasteiger partial charge in [0.25, 0.3) is 5.92 Å². The molecular formula is C28H44F2N4O5S. The number of amides is 1. The quantitative estimate of drug-likeness (QED) is 0.395. The minimum absolute atomic E-state index is 0.0953. The summed E-state index contributed by atoms with van der Waals surface area (Å²) in [5.41, 5.74) is 0.971. The number of aryl methyl sites for hydroxylation is 2. The number of carbonyl (C=O) groups is 1. The summed E-state index contributed by atoms with van der Waals surface area (Å²) in [7, 11) is -2.58. The van der Waals surface area contributed by atoms with Crippen LogP contribution in [-0.2, 0) is 19.6 Å². The molecule has 0 radical (unpaired) electrons. The summed E-state index contributed by atoms with van der Waals surface area (Å²) in [6, 6.07) is 2.17. The highest BCUT2D eigenvalue weighted by Crippen LogP contribution is 2.37. The molecule has 9 nitrogen and oxygen atoms in total. The minimum Gasteiger partial charge on any atom is -0.497 e. The molecule has 0 unspecified atom stereocenters. The number of alkyl halides is 2. The monoisotopic (exact) mass is 586 g/mol. The summed E-state index contributed by atoms with van der Waals surface area (Å²) in [5.74, 6) is -2.67. The van der Waals surface area contributed by atoms with Gasteiger partial charge in [0.15, 0.2) is 0 Å². The Labute approximate surface area is 237 Å². The lowest BCUT2D eigenvalue weighted by Gasteiger charge is -2.39. The van der Waals surface area contributed by atoms with Crippen LogP contribution in [0.25, 0.3) is 0 Å². The summed E-state index contributed by atoms with van der Waals surface area (Å²) < 4.78 is 68.1. The van der Waals surface area contributed by atoms with E-state index in [0.717, 1.165) is 36.9 Å². The van der Waals surface area contributed by atoms with Crippen LogP contribution in [0.4, 0.5) is 8.78 Å². The van der Waals surface area contributed by atoms with Crippen LogP contribution in [0.5, 0.6) is 5.75 Å². The van der Waals surface area contributed by atoms with Gasteiger partial charge in [-0.3, -0.25) is 9.69 Å². The number of piperazine rings is 1. The standard InChI is InChI=1S/C28H44F2N4O5S/c1-22-17-25(38-3)18-23(2)27(22)40(36,37)34-12-7-28(29,30)19-24(34)20-39-21-26(35)33-15-13-32(14-16-33)11-6-10-31-8-4-5-9-31/h17-18,24H,4-16,19-21H2,1-3H3/t24-/m0/s1. The molecule has 3 heterocycles. The van der Waals surface area contributed by atoms with Gasteiger partial charge in [0.05, 0.1) is 24.7 Å². The largest absolute Gasteiger partial charge is 0.497 e. The first kappa shape index (κ1) is 31.1. The molecule has 0 saturated carbocycles. The van der Waals surface area contributed by atoms with Gasteiger partial charge in [0, 0.05) is 45.6 Å². The molecule has 0 aliphatic carbocycles. The Morgan fingerprint density at radius 2 is 1.57 bits per heavy atom. The first-order chi connectivity index (χ1) is 19.0. The summed E-state index contributed by atoms with van der Waals surface area (Å²) >= 11 is 0. The highest BCUT2D eigenvalue weighted by molar-refractivity contribution is 7.89. The van der Waals surface area contributed by atoms with Gasteiger partial charge >= 0.3 is 0 Å². The average molecular weight is 587 g/mol. The van der Waals surface area contributed by atoms with Gasteiger partial charge < -0.3 is 19.3 Å². The van der Waals surface area contributed by atoms with Gasteiger partial charge in [-0.15, -0.1) is 0 Å². The lowest BCUT2D eigenvalue weighted by atomic mass is 10.0. The van der Waals surface area contributed by atoms with Gasteiger partial charge in [0.2, 0.25) is 15.9 Å². The number of hydrogen-bond donors (Lipinski definition) is 0. The van der Waals surface area contributed by atoms with Crippen molar-refractivity contribution in [2.24, 2.45) is 0 Å². The Morgan fingerprint density at radius 3 is 2.17 bits per heavy atom. The SMILES string of the molecule is COc1cc(C)c(S(=O)(=O)N2CCC(F)(F)C[C@H]2COCC(=O)N2CCN(CCCN3CCCC3)CC2)c(C)c1. The molecule has 0 aromatic heterocycles. The van der Waals surface area contributed by atoms with Crippen LogP contribution in [-0.4, -0.2) is 125 Å². The van der Waals surface area contributed by atoms with Crippen LogP contribution in [0.15, 0.2) is 17.0 Å². The lowest BCUT2D eigenvalue weighted by molar-refractivity contribution is -0.139. The minimum atomic E-state index is -4.08. The molecule has 226 valence electrons. The molecule has 3 saturated heterocycles. The van der Waals surface area contributed by atoms with E-state index in [1.807, 2.05) is 0 Å². The summed E-state index contributed by atoms with van der Waals surface area (Å²) in [6.07, 6.45) is 2.50. The Kier molecular flexibility index (Phi) is 10.4. The van der Waals surface area contributed by atoms with E-state index in [1.165, 1.54) is 33.0 Å². The van der Waals surface area contributed by atoms with E-state index >= 15 is 0 Å². The molecule has 1 amide bonds. The highest BCUT2D eigenvalue weighted by Gasteiger charge is 2.45. The van der Waals surface area contributed by atoms with Gasteiger partial charge in [-0.2, -0.15) is 4.31 Å². The number of sulfonamides is 1. The zero-order valence-electron chi connectivity index (χ0n) is 24.0. The highest BCUT2D eigenvalue weighted by atomic mass is 32.2. The summed E-state index contributed by atoms with van der Waals surface area (Å²) in [5, 5.41) is 0. The number of carbonyl (C=O) groups excluding carboxylic acids is 1. The van der Waals surface area contributed by atoms with Crippen molar-refractivity contribution in [1.82, 2.24) is 19.0 Å². The van der Waals surface area contributed by atoms with Gasteiger partial charge in [-0.25, -0.2) is 17.2 Å². The fraction of sp³-hybridized carbons (Fsp3) is 0.750. The Balaban J connectivity index is 1.29. The predicted octanol–water partition coefficient (Wildman–Crippen LogP) is 2.75. The van der Waals surface area contributed by atoms with Crippen molar-refractivity contribution in [3.63, 3.8) is 0 Å². The van der Waals surface area contributed by atoms with Crippen LogP contribution in [0.2, 0.25) is 0 Å². The fourth-order valence-electron chi connectivity index (χ4n) is 6.13. The van der Waals surface area contributed by atoms with Crippen LogP contribution in [0.3, 0.4) is 0 Å². The third-order valence-corrected chi connectivity index (χ3v) is 10.5. The second-order valence-electron chi connectivity index (χ2n) is 11.3. The molecule has 1 aromatic carbocycles. The van der Waals surface area contributed by atoms with Crippen molar-refractivity contribution in [1.29, 1.82) is 0 Å². The maximum Gasteiger partial charge on any atom is 0.251 e. The molecule has 40 heavy (non-hydrogen) atoms. The molecule has 12 heteroatoms. The maximum absolute atomic E-state index is 14.4. The Hall–Kier alpha value is -1.86. The zero-order valence-corrected chi connectivity index (χ0v) is 24.9. The van der Waals surface area contributed by atoms with Gasteiger partial charge in [0.1, 0.15) is 12.4 Å². The Bertz CT molecular complexity index is 1100. The molecule has 1 atom stereocenters. The van der Waals surface area contributed by atoms with E-state index in [0.29, 0.717) is 30.0 Å². The molecule has 4 rings (SSSR count). The number of hydrogen-bond acceptors (Lipinski definition) is 7. The van der Waals surface area contributed by atoms with Gasteiger partial charge in [-0.05, 0) is 82.5 Å². The normalized spacial score (nSPS) is 23.0. The van der Waals surface area contributed by atoms with Crippen LogP contribution in [0.1, 0.15) is 43.2 Å². The number of benzene rings is 1. The van der Waals surface area contributed by atoms with E-state index in [-0.39, 0.29) is 30.6 Å². The average Bonchev–Trinajstić information content (AvgIpc) is 3.41. The summed E-state index contributed by atoms with van der Waals surface area (Å²) in [4.78, 5) is 19.5. The van der Waals surface area contributed by atoms with Crippen molar-refractivity contribution in [2.45, 2.75) is 62.8 Å². The van der Waals surface area contributed by atoms with Crippen LogP contribution < -0.4 is 4.74 Å². The molecule has 0 spiro atoms. The molecule has 0 bridgehead atoms. The first-order valence-electron chi connectivity index (χ1n) is 14.4. The van der Waals surface area contributed by atoms with Crippen molar-refractivity contribution in [3.05, 3.63) is 23.3 Å². The van der Waals surface area contributed by atoms with E-state index in [1.54, 1.807) is 30.9 Å². The smallest absolute Gasteiger partial charge is 0.251 e. The second kappa shape index (κ2) is 13.4. The number of nitrogens with zero attached hydrogens (tertiary/aromatic N) is 4. The van der Waals surface area contributed by atoms with E-state index in [2.05, 4.69) is 9.80 Å². The first-order valence-corrected chi connectivity index (χ1v) is 15.8. The van der Waals surface area contributed by atoms with Crippen molar-refractivity contribution >= 4 is 15.9 Å². The number of rotatable bonds is 11. The third-order valence-electron chi connectivity index (χ3n) is 8.28. The maximum atomic E-state index is 14.4. The van der Waals surface area contributed by atoms with Gasteiger partial charge in [-0.1, -0.05) is 0 Å². The number of likely N-dealkylation sites (tertiary alicyclic amines) is 1. The van der Waals surface area contributed by atoms with Crippen LogP contribution in [0, 0.1) is 13.8 Å².